The van der Waals surface area contributed by atoms with Gasteiger partial charge >= 0.3 is 0 Å². The van der Waals surface area contributed by atoms with Crippen LogP contribution in [0.1, 0.15) is 22.9 Å². The average Bonchev–Trinajstić information content (AvgIpc) is 3.30. The first-order chi connectivity index (χ1) is 13.4. The normalized spacial score (nSPS) is 10.7. The Labute approximate surface area is 176 Å². The molecule has 0 bridgehead atoms. The minimum absolute atomic E-state index is 0.0488. The maximum Gasteiger partial charge on any atom is 0.236 e. The van der Waals surface area contributed by atoms with Gasteiger partial charge in [-0.1, -0.05) is 17.7 Å². The second kappa shape index (κ2) is 9.36. The lowest BCUT2D eigenvalue weighted by Gasteiger charge is -2.06. The van der Waals surface area contributed by atoms with Gasteiger partial charge in [-0.25, -0.2) is 4.98 Å². The van der Waals surface area contributed by atoms with Gasteiger partial charge in [0.1, 0.15) is 0 Å². The van der Waals surface area contributed by atoms with E-state index >= 15 is 0 Å². The summed E-state index contributed by atoms with van der Waals surface area (Å²) in [5.41, 5.74) is 3.20. The standard InChI is InChI=1S/C20H21N3O2S3/c1-12-4-5-13(2)18(8-12)26-11-19(25)23-20-22-16(10-27-20)17-7-6-15(28-17)9-21-14(3)24/h4-8,10H,9,11H2,1-3H3,(H,21,24)(H,22,23,25). The maximum absolute atomic E-state index is 12.3. The molecule has 8 heteroatoms. The second-order valence-corrected chi connectivity index (χ2v) is 9.36. The Balaban J connectivity index is 1.56. The van der Waals surface area contributed by atoms with Crippen molar-refractivity contribution in [2.45, 2.75) is 32.2 Å². The van der Waals surface area contributed by atoms with Crippen LogP contribution in [0.25, 0.3) is 10.6 Å². The number of anilines is 1. The highest BCUT2D eigenvalue weighted by molar-refractivity contribution is 8.00. The van der Waals surface area contributed by atoms with Gasteiger partial charge in [0.25, 0.3) is 0 Å². The van der Waals surface area contributed by atoms with Crippen molar-refractivity contribution in [2.24, 2.45) is 0 Å². The Kier molecular flexibility index (Phi) is 6.88. The van der Waals surface area contributed by atoms with Gasteiger partial charge in [-0.2, -0.15) is 0 Å². The van der Waals surface area contributed by atoms with Gasteiger partial charge in [-0.3, -0.25) is 9.59 Å². The highest BCUT2D eigenvalue weighted by Gasteiger charge is 2.11. The van der Waals surface area contributed by atoms with Crippen LogP contribution in [-0.4, -0.2) is 22.6 Å². The molecule has 0 spiro atoms. The average molecular weight is 432 g/mol. The van der Waals surface area contributed by atoms with E-state index < -0.39 is 0 Å². The maximum atomic E-state index is 12.3. The number of nitrogens with zero attached hydrogens (tertiary/aromatic N) is 1. The second-order valence-electron chi connectivity index (χ2n) is 6.32. The zero-order valence-electron chi connectivity index (χ0n) is 15.9. The molecule has 2 heterocycles. The molecule has 3 rings (SSSR count). The first kappa shape index (κ1) is 20.6. The zero-order valence-corrected chi connectivity index (χ0v) is 18.3. The van der Waals surface area contributed by atoms with Crippen molar-refractivity contribution in [1.29, 1.82) is 0 Å². The van der Waals surface area contributed by atoms with Crippen LogP contribution in [0, 0.1) is 13.8 Å². The molecule has 0 aliphatic carbocycles. The van der Waals surface area contributed by atoms with Gasteiger partial charge < -0.3 is 10.6 Å². The van der Waals surface area contributed by atoms with Crippen molar-refractivity contribution < 1.29 is 9.59 Å². The molecule has 146 valence electrons. The summed E-state index contributed by atoms with van der Waals surface area (Å²) in [5, 5.41) is 8.19. The summed E-state index contributed by atoms with van der Waals surface area (Å²) in [6.07, 6.45) is 0. The van der Waals surface area contributed by atoms with Crippen molar-refractivity contribution in [3.8, 4) is 10.6 Å². The van der Waals surface area contributed by atoms with E-state index in [9.17, 15) is 9.59 Å². The van der Waals surface area contributed by atoms with Crippen LogP contribution in [0.5, 0.6) is 0 Å². The number of aromatic nitrogens is 1. The molecule has 3 aromatic rings. The summed E-state index contributed by atoms with van der Waals surface area (Å²) in [5.74, 6) is 0.232. The molecule has 0 aliphatic heterocycles. The van der Waals surface area contributed by atoms with Crippen LogP contribution in [0.3, 0.4) is 0 Å². The summed E-state index contributed by atoms with van der Waals surface area (Å²) in [7, 11) is 0. The van der Waals surface area contributed by atoms with E-state index in [2.05, 4.69) is 33.8 Å². The number of benzene rings is 1. The third kappa shape index (κ3) is 5.67. The molecule has 0 saturated carbocycles. The van der Waals surface area contributed by atoms with Crippen LogP contribution >= 0.6 is 34.4 Å². The molecule has 2 amide bonds. The number of hydrogen-bond acceptors (Lipinski definition) is 6. The number of thiazole rings is 1. The minimum atomic E-state index is -0.0654. The van der Waals surface area contributed by atoms with E-state index in [0.717, 1.165) is 20.3 Å². The first-order valence-electron chi connectivity index (χ1n) is 8.69. The number of thiophene rings is 1. The van der Waals surface area contributed by atoms with E-state index in [-0.39, 0.29) is 11.8 Å². The number of carbonyl (C=O) groups is 2. The molecule has 28 heavy (non-hydrogen) atoms. The quantitative estimate of drug-likeness (QED) is 0.524. The van der Waals surface area contributed by atoms with Crippen molar-refractivity contribution in [2.75, 3.05) is 11.1 Å². The molecule has 0 radical (unpaired) electrons. The Morgan fingerprint density at radius 3 is 2.79 bits per heavy atom. The predicted octanol–water partition coefficient (Wildman–Crippen LogP) is 4.86. The summed E-state index contributed by atoms with van der Waals surface area (Å²) in [6.45, 7) is 6.12. The Bertz CT molecular complexity index is 994. The Morgan fingerprint density at radius 2 is 2.00 bits per heavy atom. The molecule has 2 N–H and O–H groups in total. The van der Waals surface area contributed by atoms with E-state index in [1.165, 1.54) is 41.1 Å². The summed E-state index contributed by atoms with van der Waals surface area (Å²) >= 11 is 4.53. The van der Waals surface area contributed by atoms with Gasteiger partial charge in [-0.15, -0.1) is 34.4 Å². The molecule has 0 saturated heterocycles. The van der Waals surface area contributed by atoms with Crippen LogP contribution in [0.4, 0.5) is 5.13 Å². The number of rotatable bonds is 7. The number of thioether (sulfide) groups is 1. The van der Waals surface area contributed by atoms with Crippen molar-refractivity contribution in [1.82, 2.24) is 10.3 Å². The molecular weight excluding hydrogens is 410 g/mol. The number of amides is 2. The molecular formula is C20H21N3O2S3. The van der Waals surface area contributed by atoms with Gasteiger partial charge in [0.2, 0.25) is 11.8 Å². The summed E-state index contributed by atoms with van der Waals surface area (Å²) in [6, 6.07) is 10.2. The SMILES string of the molecule is CC(=O)NCc1ccc(-c2csc(NC(=O)CSc3cc(C)ccc3C)n2)s1. The fraction of sp³-hybridized carbons (Fsp3) is 0.250. The van der Waals surface area contributed by atoms with Gasteiger partial charge in [0.05, 0.1) is 22.9 Å². The van der Waals surface area contributed by atoms with E-state index in [4.69, 9.17) is 0 Å². The summed E-state index contributed by atoms with van der Waals surface area (Å²) < 4.78 is 0. The predicted molar refractivity (Wildman–Crippen MR) is 118 cm³/mol. The van der Waals surface area contributed by atoms with Gasteiger partial charge in [-0.05, 0) is 37.6 Å². The van der Waals surface area contributed by atoms with Gasteiger partial charge in [0, 0.05) is 22.1 Å². The van der Waals surface area contributed by atoms with Crippen LogP contribution in [0.2, 0.25) is 0 Å². The third-order valence-corrected chi connectivity index (χ3v) is 6.90. The molecule has 2 aromatic heterocycles. The highest BCUT2D eigenvalue weighted by Crippen LogP contribution is 2.31. The van der Waals surface area contributed by atoms with Crippen LogP contribution < -0.4 is 10.6 Å². The molecule has 0 aliphatic rings. The monoisotopic (exact) mass is 431 g/mol. The van der Waals surface area contributed by atoms with Crippen molar-refractivity contribution >= 4 is 51.4 Å². The summed E-state index contributed by atoms with van der Waals surface area (Å²) in [4.78, 5) is 31.0. The molecule has 5 nitrogen and oxygen atoms in total. The van der Waals surface area contributed by atoms with Gasteiger partial charge in [0.15, 0.2) is 5.13 Å². The lowest BCUT2D eigenvalue weighted by atomic mass is 10.2. The zero-order chi connectivity index (χ0) is 20.1. The lowest BCUT2D eigenvalue weighted by molar-refractivity contribution is -0.119. The fourth-order valence-corrected chi connectivity index (χ4v) is 5.06. The lowest BCUT2D eigenvalue weighted by Crippen LogP contribution is -2.17. The fourth-order valence-electron chi connectivity index (χ4n) is 2.43. The number of nitrogens with one attached hydrogen (secondary N) is 2. The number of hydrogen-bond donors (Lipinski definition) is 2. The molecule has 1 aromatic carbocycles. The number of carbonyl (C=O) groups excluding carboxylic acids is 2. The smallest absolute Gasteiger partial charge is 0.236 e. The molecule has 0 fully saturated rings. The van der Waals surface area contributed by atoms with Crippen LogP contribution in [0.15, 0.2) is 40.6 Å². The van der Waals surface area contributed by atoms with Crippen molar-refractivity contribution in [3.63, 3.8) is 0 Å². The Morgan fingerprint density at radius 1 is 1.18 bits per heavy atom. The largest absolute Gasteiger partial charge is 0.351 e. The van der Waals surface area contributed by atoms with Crippen molar-refractivity contribution in [3.05, 3.63) is 51.7 Å². The minimum Gasteiger partial charge on any atom is -0.351 e. The number of aryl methyl sites for hydroxylation is 2. The first-order valence-corrected chi connectivity index (χ1v) is 11.4. The third-order valence-electron chi connectivity index (χ3n) is 3.88. The molecule has 0 atom stereocenters. The van der Waals surface area contributed by atoms with Crippen LogP contribution in [-0.2, 0) is 16.1 Å². The topological polar surface area (TPSA) is 71.1 Å². The van der Waals surface area contributed by atoms with E-state index in [0.29, 0.717) is 17.4 Å². The molecule has 0 unspecified atom stereocenters. The van der Waals surface area contributed by atoms with E-state index in [1.807, 2.05) is 31.4 Å². The van der Waals surface area contributed by atoms with E-state index in [1.54, 1.807) is 11.3 Å². The Hall–Kier alpha value is -2.16. The highest BCUT2D eigenvalue weighted by atomic mass is 32.2.